The summed E-state index contributed by atoms with van der Waals surface area (Å²) in [7, 11) is 0. The fourth-order valence-electron chi connectivity index (χ4n) is 4.37. The SMILES string of the molecule is CCOC(=O)CCCC(=O)c1ccc(N[C@H](CC(C)C)c2ccc(-c3nnc(-c4ccccc4)o3)cc2)cc1. The average molecular weight is 526 g/mol. The van der Waals surface area contributed by atoms with Gasteiger partial charge in [0.2, 0.25) is 11.8 Å². The summed E-state index contributed by atoms with van der Waals surface area (Å²) in [5.74, 6) is 1.22. The lowest BCUT2D eigenvalue weighted by Crippen LogP contribution is -2.13. The van der Waals surface area contributed by atoms with E-state index >= 15 is 0 Å². The highest BCUT2D eigenvalue weighted by Gasteiger charge is 2.16. The Morgan fingerprint density at radius 3 is 2.10 bits per heavy atom. The first-order valence-electron chi connectivity index (χ1n) is 13.5. The predicted octanol–water partition coefficient (Wildman–Crippen LogP) is 7.52. The molecule has 7 heteroatoms. The molecule has 1 aromatic heterocycles. The minimum absolute atomic E-state index is 0.0246. The van der Waals surface area contributed by atoms with Crippen molar-refractivity contribution in [2.75, 3.05) is 11.9 Å². The third kappa shape index (κ3) is 7.87. The first-order chi connectivity index (χ1) is 18.9. The van der Waals surface area contributed by atoms with Crippen LogP contribution in [0.25, 0.3) is 22.9 Å². The molecule has 0 spiro atoms. The van der Waals surface area contributed by atoms with Gasteiger partial charge in [-0.1, -0.05) is 44.2 Å². The van der Waals surface area contributed by atoms with E-state index in [1.165, 1.54) is 0 Å². The number of carbonyl (C=O) groups is 2. The molecular formula is C32H35N3O4. The quantitative estimate of drug-likeness (QED) is 0.142. The highest BCUT2D eigenvalue weighted by molar-refractivity contribution is 5.96. The monoisotopic (exact) mass is 525 g/mol. The Bertz CT molecular complexity index is 1350. The summed E-state index contributed by atoms with van der Waals surface area (Å²) in [5.41, 5.74) is 4.48. The van der Waals surface area contributed by atoms with E-state index in [0.717, 1.165) is 28.8 Å². The molecule has 0 aliphatic carbocycles. The van der Waals surface area contributed by atoms with Crippen molar-refractivity contribution in [1.29, 1.82) is 0 Å². The number of nitrogens with zero attached hydrogens (tertiary/aromatic N) is 2. The Kier molecular flexibility index (Phi) is 9.62. The number of Topliss-reactive ketones (excluding diaryl/α,β-unsaturated/α-hetero) is 1. The van der Waals surface area contributed by atoms with Crippen molar-refractivity contribution in [2.24, 2.45) is 5.92 Å². The molecule has 7 nitrogen and oxygen atoms in total. The van der Waals surface area contributed by atoms with Crippen LogP contribution in [0.3, 0.4) is 0 Å². The van der Waals surface area contributed by atoms with E-state index in [4.69, 9.17) is 9.15 Å². The third-order valence-electron chi connectivity index (χ3n) is 6.35. The van der Waals surface area contributed by atoms with Crippen molar-refractivity contribution in [3.8, 4) is 22.9 Å². The van der Waals surface area contributed by atoms with Crippen molar-refractivity contribution >= 4 is 17.4 Å². The summed E-state index contributed by atoms with van der Waals surface area (Å²) in [6.07, 6.45) is 2.00. The van der Waals surface area contributed by atoms with Gasteiger partial charge >= 0.3 is 5.97 Å². The van der Waals surface area contributed by atoms with Crippen LogP contribution in [0.2, 0.25) is 0 Å². The van der Waals surface area contributed by atoms with Crippen LogP contribution >= 0.6 is 0 Å². The lowest BCUT2D eigenvalue weighted by atomic mass is 9.95. The zero-order valence-corrected chi connectivity index (χ0v) is 22.7. The minimum Gasteiger partial charge on any atom is -0.466 e. The van der Waals surface area contributed by atoms with Crippen molar-refractivity contribution in [1.82, 2.24) is 10.2 Å². The lowest BCUT2D eigenvalue weighted by Gasteiger charge is -2.22. The highest BCUT2D eigenvalue weighted by Crippen LogP contribution is 2.29. The molecular weight excluding hydrogens is 490 g/mol. The number of benzene rings is 3. The van der Waals surface area contributed by atoms with Crippen molar-refractivity contribution in [2.45, 2.75) is 52.5 Å². The second kappa shape index (κ2) is 13.5. The van der Waals surface area contributed by atoms with Crippen LogP contribution in [0.15, 0.2) is 83.3 Å². The molecule has 4 aromatic rings. The number of rotatable bonds is 13. The zero-order chi connectivity index (χ0) is 27.6. The topological polar surface area (TPSA) is 94.3 Å². The van der Waals surface area contributed by atoms with Gasteiger partial charge in [-0.05, 0) is 79.8 Å². The Balaban J connectivity index is 1.40. The molecule has 1 heterocycles. The molecule has 4 rings (SSSR count). The normalized spacial score (nSPS) is 11.8. The van der Waals surface area contributed by atoms with Gasteiger partial charge in [-0.2, -0.15) is 0 Å². The van der Waals surface area contributed by atoms with E-state index in [2.05, 4.69) is 41.5 Å². The van der Waals surface area contributed by atoms with Crippen LogP contribution in [0, 0.1) is 5.92 Å². The number of nitrogens with one attached hydrogen (secondary N) is 1. The van der Waals surface area contributed by atoms with Crippen LogP contribution < -0.4 is 5.32 Å². The summed E-state index contributed by atoms with van der Waals surface area (Å²) in [6, 6.07) is 25.5. The summed E-state index contributed by atoms with van der Waals surface area (Å²) in [5, 5.41) is 12.0. The fraction of sp³-hybridized carbons (Fsp3) is 0.312. The number of carbonyl (C=O) groups excluding carboxylic acids is 2. The number of aromatic nitrogens is 2. The molecule has 0 amide bonds. The second-order valence-electron chi connectivity index (χ2n) is 9.89. The highest BCUT2D eigenvalue weighted by atomic mass is 16.5. The Morgan fingerprint density at radius 2 is 1.49 bits per heavy atom. The molecule has 0 bridgehead atoms. The maximum atomic E-state index is 12.5. The number of ketones is 1. The molecule has 0 aliphatic heterocycles. The molecule has 3 aromatic carbocycles. The Hall–Kier alpha value is -4.26. The van der Waals surface area contributed by atoms with Gasteiger partial charge in [-0.3, -0.25) is 9.59 Å². The van der Waals surface area contributed by atoms with E-state index in [1.54, 1.807) is 6.92 Å². The molecule has 0 radical (unpaired) electrons. The number of hydrogen-bond acceptors (Lipinski definition) is 7. The number of ether oxygens (including phenoxy) is 1. The lowest BCUT2D eigenvalue weighted by molar-refractivity contribution is -0.143. The van der Waals surface area contributed by atoms with Crippen LogP contribution in [0.5, 0.6) is 0 Å². The minimum atomic E-state index is -0.261. The van der Waals surface area contributed by atoms with Crippen LogP contribution in [-0.4, -0.2) is 28.6 Å². The zero-order valence-electron chi connectivity index (χ0n) is 22.7. The van der Waals surface area contributed by atoms with Gasteiger partial charge in [0.25, 0.3) is 0 Å². The summed E-state index contributed by atoms with van der Waals surface area (Å²) >= 11 is 0. The van der Waals surface area contributed by atoms with Gasteiger partial charge in [-0.15, -0.1) is 10.2 Å². The second-order valence-corrected chi connectivity index (χ2v) is 9.89. The molecule has 0 fully saturated rings. The van der Waals surface area contributed by atoms with Crippen LogP contribution in [0.4, 0.5) is 5.69 Å². The van der Waals surface area contributed by atoms with Crippen LogP contribution in [-0.2, 0) is 9.53 Å². The maximum absolute atomic E-state index is 12.5. The molecule has 1 atom stereocenters. The first kappa shape index (κ1) is 27.8. The average Bonchev–Trinajstić information content (AvgIpc) is 3.44. The molecule has 202 valence electrons. The molecule has 1 N–H and O–H groups in total. The molecule has 0 saturated heterocycles. The molecule has 0 saturated carbocycles. The van der Waals surface area contributed by atoms with E-state index in [0.29, 0.717) is 42.7 Å². The maximum Gasteiger partial charge on any atom is 0.305 e. The van der Waals surface area contributed by atoms with Gasteiger partial charge in [0, 0.05) is 35.2 Å². The van der Waals surface area contributed by atoms with E-state index < -0.39 is 0 Å². The van der Waals surface area contributed by atoms with Gasteiger partial charge in [0.05, 0.1) is 12.6 Å². The largest absolute Gasteiger partial charge is 0.466 e. The smallest absolute Gasteiger partial charge is 0.305 e. The number of anilines is 1. The van der Waals surface area contributed by atoms with Gasteiger partial charge in [-0.25, -0.2) is 0 Å². The van der Waals surface area contributed by atoms with E-state index in [1.807, 2.05) is 66.7 Å². The van der Waals surface area contributed by atoms with Gasteiger partial charge < -0.3 is 14.5 Å². The molecule has 0 aliphatic rings. The summed E-state index contributed by atoms with van der Waals surface area (Å²) in [6.45, 7) is 6.53. The van der Waals surface area contributed by atoms with Crippen molar-refractivity contribution in [3.63, 3.8) is 0 Å². The van der Waals surface area contributed by atoms with Crippen LogP contribution in [0.1, 0.15) is 68.4 Å². The summed E-state index contributed by atoms with van der Waals surface area (Å²) < 4.78 is 10.8. The number of hydrogen-bond donors (Lipinski definition) is 1. The fourth-order valence-corrected chi connectivity index (χ4v) is 4.37. The first-order valence-corrected chi connectivity index (χ1v) is 13.5. The molecule has 0 unspecified atom stereocenters. The van der Waals surface area contributed by atoms with Crippen molar-refractivity contribution < 1.29 is 18.7 Å². The Labute approximate surface area is 229 Å². The number of esters is 1. The van der Waals surface area contributed by atoms with E-state index in [9.17, 15) is 9.59 Å². The standard InChI is InChI=1S/C32H35N3O4/c1-4-38-30(37)12-8-11-29(36)24-17-19-27(20-18-24)33-28(21-22(2)3)23-13-15-26(16-14-23)32-35-34-31(39-32)25-9-6-5-7-10-25/h5-7,9-10,13-20,22,28,33H,4,8,11-12,21H2,1-3H3/t28-/m1/s1. The summed E-state index contributed by atoms with van der Waals surface area (Å²) in [4.78, 5) is 24.0. The van der Waals surface area contributed by atoms with Gasteiger partial charge in [0.15, 0.2) is 5.78 Å². The Morgan fingerprint density at radius 1 is 0.846 bits per heavy atom. The van der Waals surface area contributed by atoms with Gasteiger partial charge in [0.1, 0.15) is 0 Å². The van der Waals surface area contributed by atoms with E-state index in [-0.39, 0.29) is 24.2 Å². The third-order valence-corrected chi connectivity index (χ3v) is 6.35. The van der Waals surface area contributed by atoms with Crippen molar-refractivity contribution in [3.05, 3.63) is 90.0 Å². The molecule has 39 heavy (non-hydrogen) atoms. The predicted molar refractivity (Wildman–Crippen MR) is 152 cm³/mol.